The van der Waals surface area contributed by atoms with E-state index in [0.717, 1.165) is 6.07 Å². The Morgan fingerprint density at radius 3 is 1.47 bits per heavy atom. The SMILES string of the molecule is FC(F)(F)C(F)(F)C(F)(F)C(F)(F)c1ncccn1. The standard InChI is InChI=1S/C8H3F9N2/c9-5(10,4-18-2-1-3-19-4)6(11,12)7(13,14)8(15,16)17/h1-3H. The lowest BCUT2D eigenvalue weighted by Crippen LogP contribution is -2.59. The van der Waals surface area contributed by atoms with Crippen molar-refractivity contribution < 1.29 is 39.5 Å². The van der Waals surface area contributed by atoms with Crippen LogP contribution >= 0.6 is 0 Å². The van der Waals surface area contributed by atoms with E-state index < -0.39 is 29.8 Å². The average molecular weight is 298 g/mol. The molecule has 1 aromatic rings. The first-order valence-corrected chi connectivity index (χ1v) is 4.33. The van der Waals surface area contributed by atoms with E-state index in [1.54, 1.807) is 0 Å². The van der Waals surface area contributed by atoms with Gasteiger partial charge in [0.15, 0.2) is 0 Å². The molecule has 0 saturated heterocycles. The molecule has 0 aliphatic carbocycles. The van der Waals surface area contributed by atoms with Gasteiger partial charge in [0.25, 0.3) is 0 Å². The van der Waals surface area contributed by atoms with Crippen molar-refractivity contribution in [2.45, 2.75) is 23.9 Å². The fraction of sp³-hybridized carbons (Fsp3) is 0.500. The van der Waals surface area contributed by atoms with Gasteiger partial charge in [-0.1, -0.05) is 0 Å². The van der Waals surface area contributed by atoms with E-state index in [0.29, 0.717) is 12.4 Å². The largest absolute Gasteiger partial charge is 0.460 e. The zero-order chi connectivity index (χ0) is 15.1. The number of rotatable bonds is 3. The highest BCUT2D eigenvalue weighted by Gasteiger charge is 2.82. The fourth-order valence-corrected chi connectivity index (χ4v) is 0.977. The van der Waals surface area contributed by atoms with Crippen LogP contribution in [0.4, 0.5) is 39.5 Å². The molecule has 1 rings (SSSR count). The summed E-state index contributed by atoms with van der Waals surface area (Å²) in [4.78, 5) is 5.14. The van der Waals surface area contributed by atoms with Gasteiger partial charge in [0, 0.05) is 12.4 Å². The second-order valence-corrected chi connectivity index (χ2v) is 3.29. The maximum absolute atomic E-state index is 13.1. The lowest BCUT2D eigenvalue weighted by Gasteiger charge is -2.32. The summed E-state index contributed by atoms with van der Waals surface area (Å²) in [5.74, 6) is -21.7. The summed E-state index contributed by atoms with van der Waals surface area (Å²) in [6.45, 7) is 0. The van der Waals surface area contributed by atoms with Crippen LogP contribution in [0.1, 0.15) is 5.82 Å². The van der Waals surface area contributed by atoms with E-state index in [1.807, 2.05) is 0 Å². The second-order valence-electron chi connectivity index (χ2n) is 3.29. The van der Waals surface area contributed by atoms with Crippen LogP contribution in [-0.4, -0.2) is 28.0 Å². The van der Waals surface area contributed by atoms with Crippen molar-refractivity contribution in [1.29, 1.82) is 0 Å². The third kappa shape index (κ3) is 2.21. The first-order valence-electron chi connectivity index (χ1n) is 4.33. The number of aromatic nitrogens is 2. The Morgan fingerprint density at radius 2 is 1.11 bits per heavy atom. The predicted molar refractivity (Wildman–Crippen MR) is 41.9 cm³/mol. The lowest BCUT2D eigenvalue weighted by atomic mass is 10.0. The molecule has 0 bridgehead atoms. The van der Waals surface area contributed by atoms with Crippen LogP contribution in [0.15, 0.2) is 18.5 Å². The lowest BCUT2D eigenvalue weighted by molar-refractivity contribution is -0.400. The van der Waals surface area contributed by atoms with Gasteiger partial charge in [0.2, 0.25) is 5.82 Å². The van der Waals surface area contributed by atoms with Gasteiger partial charge in [-0.2, -0.15) is 39.5 Å². The molecule has 0 aromatic carbocycles. The van der Waals surface area contributed by atoms with Crippen LogP contribution in [-0.2, 0) is 5.92 Å². The number of alkyl halides is 9. The molecule has 108 valence electrons. The van der Waals surface area contributed by atoms with Gasteiger partial charge < -0.3 is 0 Å². The Bertz CT molecular complexity index is 439. The highest BCUT2D eigenvalue weighted by atomic mass is 19.4. The van der Waals surface area contributed by atoms with Crippen LogP contribution < -0.4 is 0 Å². The molecule has 0 amide bonds. The molecule has 0 saturated carbocycles. The summed E-state index contributed by atoms with van der Waals surface area (Å²) >= 11 is 0. The molecule has 0 unspecified atom stereocenters. The van der Waals surface area contributed by atoms with Crippen molar-refractivity contribution in [3.05, 3.63) is 24.3 Å². The number of hydrogen-bond donors (Lipinski definition) is 0. The third-order valence-electron chi connectivity index (χ3n) is 1.99. The van der Waals surface area contributed by atoms with Crippen molar-refractivity contribution in [2.75, 3.05) is 0 Å². The molecule has 19 heavy (non-hydrogen) atoms. The minimum Gasteiger partial charge on any atom is -0.235 e. The maximum atomic E-state index is 13.1. The molecular weight excluding hydrogens is 295 g/mol. The quantitative estimate of drug-likeness (QED) is 0.799. The van der Waals surface area contributed by atoms with E-state index in [1.165, 1.54) is 0 Å². The smallest absolute Gasteiger partial charge is 0.235 e. The molecule has 0 radical (unpaired) electrons. The Morgan fingerprint density at radius 1 is 0.684 bits per heavy atom. The first-order chi connectivity index (χ1) is 8.36. The molecule has 0 spiro atoms. The van der Waals surface area contributed by atoms with Gasteiger partial charge in [-0.15, -0.1) is 0 Å². The third-order valence-corrected chi connectivity index (χ3v) is 1.99. The molecular formula is C8H3F9N2. The van der Waals surface area contributed by atoms with Crippen molar-refractivity contribution >= 4 is 0 Å². The minimum atomic E-state index is -6.94. The highest BCUT2D eigenvalue weighted by Crippen LogP contribution is 2.55. The van der Waals surface area contributed by atoms with Gasteiger partial charge in [0.05, 0.1) is 0 Å². The van der Waals surface area contributed by atoms with E-state index in [9.17, 15) is 39.5 Å². The van der Waals surface area contributed by atoms with E-state index in [2.05, 4.69) is 9.97 Å². The van der Waals surface area contributed by atoms with Crippen LogP contribution in [0, 0.1) is 0 Å². The van der Waals surface area contributed by atoms with Crippen LogP contribution in [0.3, 0.4) is 0 Å². The van der Waals surface area contributed by atoms with E-state index in [-0.39, 0.29) is 0 Å². The second kappa shape index (κ2) is 4.23. The Balaban J connectivity index is 3.34. The molecule has 0 N–H and O–H groups in total. The summed E-state index contributed by atoms with van der Waals surface area (Å²) < 4.78 is 112. The minimum absolute atomic E-state index is 0.498. The molecule has 1 aromatic heterocycles. The summed E-state index contributed by atoms with van der Waals surface area (Å²) in [5.41, 5.74) is 0. The zero-order valence-corrected chi connectivity index (χ0v) is 8.53. The normalized spacial score (nSPS) is 14.6. The molecule has 0 aliphatic heterocycles. The summed E-state index contributed by atoms with van der Waals surface area (Å²) in [5, 5.41) is 0. The van der Waals surface area contributed by atoms with Crippen molar-refractivity contribution in [2.24, 2.45) is 0 Å². The Kier molecular flexibility index (Phi) is 3.46. The van der Waals surface area contributed by atoms with Gasteiger partial charge in [0.1, 0.15) is 0 Å². The fourth-order valence-electron chi connectivity index (χ4n) is 0.977. The number of nitrogens with zero attached hydrogens (tertiary/aromatic N) is 2. The summed E-state index contributed by atoms with van der Waals surface area (Å²) in [6, 6.07) is 0.889. The van der Waals surface area contributed by atoms with Crippen LogP contribution in [0.5, 0.6) is 0 Å². The van der Waals surface area contributed by atoms with Gasteiger partial charge in [-0.3, -0.25) is 0 Å². The molecule has 0 atom stereocenters. The van der Waals surface area contributed by atoms with Crippen molar-refractivity contribution in [1.82, 2.24) is 9.97 Å². The van der Waals surface area contributed by atoms with Gasteiger partial charge in [-0.25, -0.2) is 9.97 Å². The predicted octanol–water partition coefficient (Wildman–Crippen LogP) is 3.40. The number of hydrogen-bond acceptors (Lipinski definition) is 2. The summed E-state index contributed by atoms with van der Waals surface area (Å²) in [6.07, 6.45) is -5.86. The zero-order valence-electron chi connectivity index (χ0n) is 8.53. The molecule has 1 heterocycles. The summed E-state index contributed by atoms with van der Waals surface area (Å²) in [7, 11) is 0. The maximum Gasteiger partial charge on any atom is 0.460 e. The Hall–Kier alpha value is -1.55. The molecule has 0 fully saturated rings. The van der Waals surface area contributed by atoms with Crippen LogP contribution in [0.25, 0.3) is 0 Å². The number of halogens is 9. The Labute approximate surface area is 98.8 Å². The first kappa shape index (κ1) is 15.5. The van der Waals surface area contributed by atoms with Crippen LogP contribution in [0.2, 0.25) is 0 Å². The monoisotopic (exact) mass is 298 g/mol. The van der Waals surface area contributed by atoms with Gasteiger partial charge in [-0.05, 0) is 6.07 Å². The van der Waals surface area contributed by atoms with E-state index >= 15 is 0 Å². The topological polar surface area (TPSA) is 25.8 Å². The molecule has 11 heteroatoms. The highest BCUT2D eigenvalue weighted by molar-refractivity contribution is 5.09. The van der Waals surface area contributed by atoms with E-state index in [4.69, 9.17) is 0 Å². The van der Waals surface area contributed by atoms with Crippen molar-refractivity contribution in [3.63, 3.8) is 0 Å². The molecule has 0 aliphatic rings. The van der Waals surface area contributed by atoms with Gasteiger partial charge >= 0.3 is 23.9 Å². The molecule has 2 nitrogen and oxygen atoms in total. The average Bonchev–Trinajstić information content (AvgIpc) is 2.28. The van der Waals surface area contributed by atoms with Crippen molar-refractivity contribution in [3.8, 4) is 0 Å².